The highest BCUT2D eigenvalue weighted by atomic mass is 35.5. The summed E-state index contributed by atoms with van der Waals surface area (Å²) in [4.78, 5) is 42.7. The van der Waals surface area contributed by atoms with Crippen molar-refractivity contribution in [2.75, 3.05) is 0 Å². The molecule has 1 aliphatic heterocycles. The number of rotatable bonds is 3. The molecule has 0 spiro atoms. The molecule has 1 heterocycles. The Balaban J connectivity index is 1.57. The number of imide groups is 2. The first-order valence-corrected chi connectivity index (χ1v) is 9.36. The first-order chi connectivity index (χ1) is 12.4. The molecule has 0 radical (unpaired) electrons. The minimum absolute atomic E-state index is 0.120. The summed E-state index contributed by atoms with van der Waals surface area (Å²) >= 11 is 11.9. The summed E-state index contributed by atoms with van der Waals surface area (Å²) in [6.45, 7) is 0. The molecule has 3 aliphatic rings. The van der Waals surface area contributed by atoms with Gasteiger partial charge in [-0.05, 0) is 49.3 Å². The van der Waals surface area contributed by atoms with Gasteiger partial charge in [-0.25, -0.2) is 4.79 Å². The lowest BCUT2D eigenvalue weighted by Crippen LogP contribution is -2.62. The lowest BCUT2D eigenvalue weighted by atomic mass is 9.92. The van der Waals surface area contributed by atoms with Gasteiger partial charge < -0.3 is 0 Å². The van der Waals surface area contributed by atoms with Gasteiger partial charge in [-0.3, -0.25) is 24.8 Å². The summed E-state index contributed by atoms with van der Waals surface area (Å²) in [7, 11) is 0. The first-order valence-electron chi connectivity index (χ1n) is 8.60. The summed E-state index contributed by atoms with van der Waals surface area (Å²) < 4.78 is 0. The number of hydrogen-bond donors (Lipinski definition) is 1. The molecule has 4 amide bonds. The van der Waals surface area contributed by atoms with Crippen LogP contribution in [0.2, 0.25) is 10.0 Å². The lowest BCUT2D eigenvalue weighted by Gasteiger charge is -2.36. The van der Waals surface area contributed by atoms with Crippen LogP contribution < -0.4 is 5.32 Å². The molecule has 0 aromatic heterocycles. The zero-order valence-corrected chi connectivity index (χ0v) is 15.3. The van der Waals surface area contributed by atoms with Crippen LogP contribution in [0.25, 0.3) is 0 Å². The molecule has 136 valence electrons. The molecule has 2 saturated carbocycles. The fourth-order valence-corrected chi connectivity index (χ4v) is 4.87. The second-order valence-electron chi connectivity index (χ2n) is 7.13. The Labute approximate surface area is 160 Å². The Morgan fingerprint density at radius 1 is 1.08 bits per heavy atom. The normalized spacial score (nSPS) is 31.2. The van der Waals surface area contributed by atoms with Crippen LogP contribution in [0.5, 0.6) is 0 Å². The number of carbonyl (C=O) groups is 3. The van der Waals surface area contributed by atoms with Crippen molar-refractivity contribution in [1.82, 2.24) is 10.2 Å². The summed E-state index contributed by atoms with van der Waals surface area (Å²) in [6, 6.07) is 3.98. The van der Waals surface area contributed by atoms with E-state index in [2.05, 4.69) is 10.3 Å². The van der Waals surface area contributed by atoms with Crippen LogP contribution in [0, 0.1) is 17.8 Å². The number of hydrogen-bond acceptors (Lipinski definition) is 4. The molecular formula is C18H17Cl2N3O3. The monoisotopic (exact) mass is 393 g/mol. The minimum atomic E-state index is -1.13. The van der Waals surface area contributed by atoms with Gasteiger partial charge in [-0.2, -0.15) is 0 Å². The number of aliphatic imine (C=N–C) groups is 1. The highest BCUT2D eigenvalue weighted by molar-refractivity contribution is 6.35. The standard InChI is InChI=1S/C18H17Cl2N3O3/c19-11-5-12(20)7-13(6-11)21-8-14-16(24)22-18(26)23(17(14)25)15-4-9-1-2-10(15)3-9/h5-10,14-15H,1-4H2,(H,22,24,26)/t9-,10-,14-,15-/m0/s1. The van der Waals surface area contributed by atoms with Crippen LogP contribution in [0.1, 0.15) is 25.7 Å². The van der Waals surface area contributed by atoms with Crippen molar-refractivity contribution in [2.24, 2.45) is 22.7 Å². The number of amides is 4. The fourth-order valence-electron chi connectivity index (χ4n) is 4.35. The van der Waals surface area contributed by atoms with Gasteiger partial charge in [0.05, 0.1) is 5.69 Å². The fraction of sp³-hybridized carbons (Fsp3) is 0.444. The van der Waals surface area contributed by atoms with Crippen molar-refractivity contribution in [3.8, 4) is 0 Å². The predicted octanol–water partition coefficient (Wildman–Crippen LogP) is 3.58. The van der Waals surface area contributed by atoms with Gasteiger partial charge in [0.15, 0.2) is 5.92 Å². The van der Waals surface area contributed by atoms with Crippen molar-refractivity contribution in [1.29, 1.82) is 0 Å². The molecule has 1 saturated heterocycles. The number of benzene rings is 1. The van der Waals surface area contributed by atoms with Gasteiger partial charge in [0.1, 0.15) is 0 Å². The molecule has 2 bridgehead atoms. The number of fused-ring (bicyclic) bond motifs is 2. The van der Waals surface area contributed by atoms with Crippen LogP contribution in [0.15, 0.2) is 23.2 Å². The summed E-state index contributed by atoms with van der Waals surface area (Å²) in [5, 5.41) is 3.10. The smallest absolute Gasteiger partial charge is 0.277 e. The molecule has 0 unspecified atom stereocenters. The van der Waals surface area contributed by atoms with E-state index in [1.54, 1.807) is 18.2 Å². The van der Waals surface area contributed by atoms with Crippen LogP contribution in [-0.2, 0) is 9.59 Å². The van der Waals surface area contributed by atoms with Gasteiger partial charge in [-0.1, -0.05) is 29.6 Å². The van der Waals surface area contributed by atoms with E-state index < -0.39 is 23.8 Å². The van der Waals surface area contributed by atoms with E-state index in [-0.39, 0.29) is 6.04 Å². The third kappa shape index (κ3) is 3.12. The van der Waals surface area contributed by atoms with Gasteiger partial charge in [0.2, 0.25) is 11.8 Å². The molecule has 4 atom stereocenters. The first kappa shape index (κ1) is 17.5. The number of barbiturate groups is 1. The maximum Gasteiger partial charge on any atom is 0.331 e. The molecule has 1 aromatic rings. The average Bonchev–Trinajstić information content (AvgIpc) is 3.16. The van der Waals surface area contributed by atoms with Gasteiger partial charge >= 0.3 is 6.03 Å². The maximum atomic E-state index is 12.9. The quantitative estimate of drug-likeness (QED) is 0.629. The van der Waals surface area contributed by atoms with Crippen molar-refractivity contribution in [3.05, 3.63) is 28.2 Å². The minimum Gasteiger partial charge on any atom is -0.277 e. The number of nitrogens with zero attached hydrogens (tertiary/aromatic N) is 2. The van der Waals surface area contributed by atoms with E-state index in [1.807, 2.05) is 0 Å². The molecule has 1 N–H and O–H groups in total. The van der Waals surface area contributed by atoms with Crippen LogP contribution in [0.4, 0.5) is 10.5 Å². The number of urea groups is 1. The second kappa shape index (κ2) is 6.67. The SMILES string of the molecule is O=C1NC(=O)N([C@H]2C[C@H]3CC[C@H]2C3)C(=O)[C@H]1C=Nc1cc(Cl)cc(Cl)c1. The molecule has 4 rings (SSSR count). The molecule has 1 aromatic carbocycles. The summed E-state index contributed by atoms with van der Waals surface area (Å²) in [6.07, 6.45) is 5.32. The van der Waals surface area contributed by atoms with Crippen LogP contribution in [-0.4, -0.2) is 35.0 Å². The zero-order valence-electron chi connectivity index (χ0n) is 13.8. The van der Waals surface area contributed by atoms with E-state index >= 15 is 0 Å². The van der Waals surface area contributed by atoms with Gasteiger partial charge in [-0.15, -0.1) is 0 Å². The Bertz CT molecular complexity index is 806. The number of halogens is 2. The second-order valence-corrected chi connectivity index (χ2v) is 8.00. The zero-order chi connectivity index (χ0) is 18.4. The van der Waals surface area contributed by atoms with Gasteiger partial charge in [0, 0.05) is 22.3 Å². The molecule has 26 heavy (non-hydrogen) atoms. The Morgan fingerprint density at radius 2 is 1.81 bits per heavy atom. The summed E-state index contributed by atoms with van der Waals surface area (Å²) in [5.74, 6) is -1.38. The predicted molar refractivity (Wildman–Crippen MR) is 97.7 cm³/mol. The van der Waals surface area contributed by atoms with E-state index in [1.165, 1.54) is 11.1 Å². The number of carbonyl (C=O) groups excluding carboxylic acids is 3. The van der Waals surface area contributed by atoms with Crippen LogP contribution >= 0.6 is 23.2 Å². The number of nitrogens with one attached hydrogen (secondary N) is 1. The van der Waals surface area contributed by atoms with Crippen molar-refractivity contribution < 1.29 is 14.4 Å². The highest BCUT2D eigenvalue weighted by Gasteiger charge is 2.50. The maximum absolute atomic E-state index is 12.9. The average molecular weight is 394 g/mol. The Hall–Kier alpha value is -1.92. The van der Waals surface area contributed by atoms with E-state index in [4.69, 9.17) is 23.2 Å². The van der Waals surface area contributed by atoms with Crippen molar-refractivity contribution in [2.45, 2.75) is 31.7 Å². The summed E-state index contributed by atoms with van der Waals surface area (Å²) in [5.41, 5.74) is 0.437. The Kier molecular flexibility index (Phi) is 4.49. The largest absolute Gasteiger partial charge is 0.331 e. The third-order valence-electron chi connectivity index (χ3n) is 5.49. The third-order valence-corrected chi connectivity index (χ3v) is 5.92. The molecular weight excluding hydrogens is 377 g/mol. The van der Waals surface area contributed by atoms with Crippen molar-refractivity contribution in [3.63, 3.8) is 0 Å². The molecule has 6 nitrogen and oxygen atoms in total. The van der Waals surface area contributed by atoms with E-state index in [9.17, 15) is 14.4 Å². The topological polar surface area (TPSA) is 78.8 Å². The van der Waals surface area contributed by atoms with Crippen LogP contribution in [0.3, 0.4) is 0 Å². The molecule has 8 heteroatoms. The lowest BCUT2D eigenvalue weighted by molar-refractivity contribution is -0.141. The molecule has 2 aliphatic carbocycles. The van der Waals surface area contributed by atoms with Crippen molar-refractivity contribution >= 4 is 52.9 Å². The van der Waals surface area contributed by atoms with Gasteiger partial charge in [0.25, 0.3) is 0 Å². The Morgan fingerprint density at radius 3 is 2.42 bits per heavy atom. The van der Waals surface area contributed by atoms with E-state index in [0.717, 1.165) is 25.7 Å². The molecule has 3 fully saturated rings. The highest BCUT2D eigenvalue weighted by Crippen LogP contribution is 2.47. The van der Waals surface area contributed by atoms with E-state index in [0.29, 0.717) is 27.6 Å².